The third-order valence-corrected chi connectivity index (χ3v) is 4.11. The average molecular weight is 241 g/mol. The van der Waals surface area contributed by atoms with E-state index in [0.717, 1.165) is 25.8 Å². The van der Waals surface area contributed by atoms with Crippen molar-refractivity contribution in [1.82, 2.24) is 10.2 Å². The number of amides is 1. The van der Waals surface area contributed by atoms with Gasteiger partial charge in [-0.05, 0) is 32.7 Å². The van der Waals surface area contributed by atoms with Gasteiger partial charge in [0.2, 0.25) is 5.91 Å². The second kappa shape index (κ2) is 6.36. The molecule has 4 atom stereocenters. The van der Waals surface area contributed by atoms with Crippen molar-refractivity contribution < 1.29 is 4.79 Å². The number of nitrogens with two attached hydrogens (primary N) is 1. The van der Waals surface area contributed by atoms with E-state index in [2.05, 4.69) is 31.1 Å². The second-order valence-corrected chi connectivity index (χ2v) is 5.47. The fourth-order valence-corrected chi connectivity index (χ4v) is 2.23. The molecule has 1 heterocycles. The Morgan fingerprint density at radius 3 is 2.76 bits per heavy atom. The highest BCUT2D eigenvalue weighted by Crippen LogP contribution is 2.16. The quantitative estimate of drug-likeness (QED) is 0.771. The lowest BCUT2D eigenvalue weighted by atomic mass is 9.96. The number of carbonyl (C=O) groups is 1. The Morgan fingerprint density at radius 1 is 1.59 bits per heavy atom. The predicted octanol–water partition coefficient (Wildman–Crippen LogP) is 0.959. The Morgan fingerprint density at radius 2 is 2.24 bits per heavy atom. The molecule has 0 spiro atoms. The van der Waals surface area contributed by atoms with E-state index in [9.17, 15) is 4.79 Å². The van der Waals surface area contributed by atoms with Crippen LogP contribution in [0.4, 0.5) is 0 Å². The molecular formula is C13H27N3O. The molecule has 0 aromatic rings. The third kappa shape index (κ3) is 3.96. The van der Waals surface area contributed by atoms with Gasteiger partial charge < -0.3 is 16.0 Å². The number of likely N-dealkylation sites (tertiary alicyclic amines) is 1. The van der Waals surface area contributed by atoms with Crippen molar-refractivity contribution in [1.29, 1.82) is 0 Å². The Labute approximate surface area is 105 Å². The van der Waals surface area contributed by atoms with E-state index in [-0.39, 0.29) is 17.9 Å². The zero-order valence-corrected chi connectivity index (χ0v) is 11.6. The lowest BCUT2D eigenvalue weighted by Gasteiger charge is -2.36. The highest BCUT2D eigenvalue weighted by atomic mass is 16.2. The van der Waals surface area contributed by atoms with E-state index in [4.69, 9.17) is 5.73 Å². The molecule has 4 unspecified atom stereocenters. The minimum absolute atomic E-state index is 0.0149. The maximum absolute atomic E-state index is 12.0. The summed E-state index contributed by atoms with van der Waals surface area (Å²) in [6, 6.07) is 0.465. The van der Waals surface area contributed by atoms with Gasteiger partial charge in [0.05, 0.1) is 6.04 Å². The van der Waals surface area contributed by atoms with Crippen LogP contribution in [0, 0.1) is 5.92 Å². The molecular weight excluding hydrogens is 214 g/mol. The first-order valence-corrected chi connectivity index (χ1v) is 6.71. The highest BCUT2D eigenvalue weighted by Gasteiger charge is 2.26. The number of piperidine rings is 1. The lowest BCUT2D eigenvalue weighted by Crippen LogP contribution is -2.52. The molecule has 1 aliphatic heterocycles. The Kier molecular flexibility index (Phi) is 5.40. The van der Waals surface area contributed by atoms with Crippen molar-refractivity contribution in [3.05, 3.63) is 0 Å². The fourth-order valence-electron chi connectivity index (χ4n) is 2.23. The first kappa shape index (κ1) is 14.5. The van der Waals surface area contributed by atoms with E-state index in [1.54, 1.807) is 0 Å². The van der Waals surface area contributed by atoms with Crippen molar-refractivity contribution in [3.8, 4) is 0 Å². The fraction of sp³-hybridized carbons (Fsp3) is 0.923. The van der Waals surface area contributed by atoms with Crippen LogP contribution in [0.15, 0.2) is 0 Å². The summed E-state index contributed by atoms with van der Waals surface area (Å²) >= 11 is 0. The molecule has 1 saturated heterocycles. The first-order valence-electron chi connectivity index (χ1n) is 6.71. The van der Waals surface area contributed by atoms with Gasteiger partial charge >= 0.3 is 0 Å². The van der Waals surface area contributed by atoms with Crippen LogP contribution >= 0.6 is 0 Å². The summed E-state index contributed by atoms with van der Waals surface area (Å²) in [7, 11) is 2.13. The predicted molar refractivity (Wildman–Crippen MR) is 70.7 cm³/mol. The van der Waals surface area contributed by atoms with Crippen molar-refractivity contribution in [2.75, 3.05) is 13.6 Å². The summed E-state index contributed by atoms with van der Waals surface area (Å²) in [6.07, 6.45) is 2.99. The average Bonchev–Trinajstić information content (AvgIpc) is 2.31. The molecule has 1 rings (SSSR count). The van der Waals surface area contributed by atoms with Crippen molar-refractivity contribution in [3.63, 3.8) is 0 Å². The number of hydrogen-bond acceptors (Lipinski definition) is 3. The van der Waals surface area contributed by atoms with Crippen LogP contribution in [0.3, 0.4) is 0 Å². The molecule has 0 saturated carbocycles. The standard InChI is InChI=1S/C13H27N3O/c1-5-9(2)12(14)13(17)15-11-6-7-16(4)10(3)8-11/h9-12H,5-8,14H2,1-4H3,(H,15,17). The van der Waals surface area contributed by atoms with Crippen LogP contribution in [0.25, 0.3) is 0 Å². The minimum Gasteiger partial charge on any atom is -0.352 e. The van der Waals surface area contributed by atoms with E-state index >= 15 is 0 Å². The van der Waals surface area contributed by atoms with Gasteiger partial charge in [0.25, 0.3) is 0 Å². The summed E-state index contributed by atoms with van der Waals surface area (Å²) in [5, 5.41) is 3.09. The Hall–Kier alpha value is -0.610. The van der Waals surface area contributed by atoms with Crippen molar-refractivity contribution >= 4 is 5.91 Å². The van der Waals surface area contributed by atoms with Gasteiger partial charge in [0.1, 0.15) is 0 Å². The second-order valence-electron chi connectivity index (χ2n) is 5.47. The van der Waals surface area contributed by atoms with Crippen molar-refractivity contribution in [2.45, 2.75) is 58.2 Å². The molecule has 0 aromatic heterocycles. The molecule has 1 aliphatic rings. The summed E-state index contributed by atoms with van der Waals surface area (Å²) in [5.41, 5.74) is 5.93. The van der Waals surface area contributed by atoms with Crippen LogP contribution in [-0.4, -0.2) is 42.5 Å². The SMILES string of the molecule is CCC(C)C(N)C(=O)NC1CCN(C)C(C)C1. The topological polar surface area (TPSA) is 58.4 Å². The smallest absolute Gasteiger partial charge is 0.237 e. The number of carbonyl (C=O) groups excluding carboxylic acids is 1. The van der Waals surface area contributed by atoms with E-state index in [0.29, 0.717) is 12.1 Å². The van der Waals surface area contributed by atoms with Gasteiger partial charge in [-0.2, -0.15) is 0 Å². The number of hydrogen-bond donors (Lipinski definition) is 2. The van der Waals surface area contributed by atoms with Gasteiger partial charge in [-0.3, -0.25) is 4.79 Å². The molecule has 4 nitrogen and oxygen atoms in total. The van der Waals surface area contributed by atoms with Gasteiger partial charge in [-0.1, -0.05) is 20.3 Å². The summed E-state index contributed by atoms with van der Waals surface area (Å²) in [4.78, 5) is 14.3. The van der Waals surface area contributed by atoms with Crippen LogP contribution in [-0.2, 0) is 4.79 Å². The Balaban J connectivity index is 2.41. The monoisotopic (exact) mass is 241 g/mol. The van der Waals surface area contributed by atoms with Gasteiger partial charge in [-0.25, -0.2) is 0 Å². The first-order chi connectivity index (χ1) is 7.95. The summed E-state index contributed by atoms with van der Waals surface area (Å²) in [5.74, 6) is 0.264. The number of nitrogens with one attached hydrogen (secondary N) is 1. The maximum atomic E-state index is 12.0. The largest absolute Gasteiger partial charge is 0.352 e. The molecule has 0 aromatic carbocycles. The van der Waals surface area contributed by atoms with Gasteiger partial charge in [-0.15, -0.1) is 0 Å². The Bertz CT molecular complexity index is 257. The van der Waals surface area contributed by atoms with E-state index in [1.807, 2.05) is 6.92 Å². The molecule has 1 amide bonds. The summed E-state index contributed by atoms with van der Waals surface area (Å²) < 4.78 is 0. The zero-order valence-electron chi connectivity index (χ0n) is 11.6. The zero-order chi connectivity index (χ0) is 13.0. The molecule has 0 bridgehead atoms. The number of rotatable bonds is 4. The normalized spacial score (nSPS) is 29.7. The van der Waals surface area contributed by atoms with E-state index in [1.165, 1.54) is 0 Å². The highest BCUT2D eigenvalue weighted by molar-refractivity contribution is 5.82. The lowest BCUT2D eigenvalue weighted by molar-refractivity contribution is -0.124. The maximum Gasteiger partial charge on any atom is 0.237 e. The van der Waals surface area contributed by atoms with Crippen LogP contribution < -0.4 is 11.1 Å². The summed E-state index contributed by atoms with van der Waals surface area (Å²) in [6.45, 7) is 7.34. The van der Waals surface area contributed by atoms with Gasteiger partial charge in [0.15, 0.2) is 0 Å². The van der Waals surface area contributed by atoms with E-state index < -0.39 is 0 Å². The number of nitrogens with zero attached hydrogens (tertiary/aromatic N) is 1. The molecule has 100 valence electrons. The third-order valence-electron chi connectivity index (χ3n) is 4.11. The molecule has 4 heteroatoms. The van der Waals surface area contributed by atoms with Crippen LogP contribution in [0.2, 0.25) is 0 Å². The molecule has 1 fully saturated rings. The van der Waals surface area contributed by atoms with Crippen LogP contribution in [0.1, 0.15) is 40.0 Å². The van der Waals surface area contributed by atoms with Gasteiger partial charge in [0, 0.05) is 18.6 Å². The molecule has 0 aliphatic carbocycles. The molecule has 3 N–H and O–H groups in total. The molecule has 0 radical (unpaired) electrons. The van der Waals surface area contributed by atoms with Crippen molar-refractivity contribution in [2.24, 2.45) is 11.7 Å². The molecule has 17 heavy (non-hydrogen) atoms. The van der Waals surface area contributed by atoms with Crippen LogP contribution in [0.5, 0.6) is 0 Å². The minimum atomic E-state index is -0.366.